The lowest BCUT2D eigenvalue weighted by Crippen LogP contribution is -2.41. The second-order valence-electron chi connectivity index (χ2n) is 5.50. The molecule has 3 heteroatoms. The van der Waals surface area contributed by atoms with E-state index in [1.807, 2.05) is 44.2 Å². The van der Waals surface area contributed by atoms with E-state index in [1.54, 1.807) is 0 Å². The molecule has 1 aromatic carbocycles. The highest BCUT2D eigenvalue weighted by atomic mass is 16.5. The molecular weight excluding hydrogens is 226 g/mol. The summed E-state index contributed by atoms with van der Waals surface area (Å²) in [6, 6.07) is 9.99. The molecule has 1 amide bonds. The van der Waals surface area contributed by atoms with Gasteiger partial charge in [0.05, 0.1) is 5.60 Å². The Hall–Kier alpha value is -1.35. The average Bonchev–Trinajstić information content (AvgIpc) is 2.36. The van der Waals surface area contributed by atoms with E-state index in [4.69, 9.17) is 4.74 Å². The van der Waals surface area contributed by atoms with Crippen molar-refractivity contribution in [1.29, 1.82) is 0 Å². The van der Waals surface area contributed by atoms with Gasteiger partial charge < -0.3 is 10.1 Å². The van der Waals surface area contributed by atoms with E-state index in [1.165, 1.54) is 0 Å². The molecule has 0 bridgehead atoms. The Morgan fingerprint density at radius 1 is 1.39 bits per heavy atom. The molecule has 1 heterocycles. The summed E-state index contributed by atoms with van der Waals surface area (Å²) < 4.78 is 5.63. The molecule has 1 aromatic rings. The minimum atomic E-state index is -0.174. The molecule has 3 nitrogen and oxygen atoms in total. The monoisotopic (exact) mass is 247 g/mol. The first-order chi connectivity index (χ1) is 8.57. The number of rotatable bonds is 3. The van der Waals surface area contributed by atoms with Crippen LogP contribution in [0.5, 0.6) is 0 Å². The number of amides is 1. The normalized spacial score (nSPS) is 22.4. The topological polar surface area (TPSA) is 38.3 Å². The predicted molar refractivity (Wildman–Crippen MR) is 71.0 cm³/mol. The van der Waals surface area contributed by atoms with Gasteiger partial charge in [0.1, 0.15) is 0 Å². The smallest absolute Gasteiger partial charge is 0.223 e. The van der Waals surface area contributed by atoms with E-state index in [-0.39, 0.29) is 17.4 Å². The van der Waals surface area contributed by atoms with E-state index in [0.717, 1.165) is 18.4 Å². The van der Waals surface area contributed by atoms with Crippen LogP contribution < -0.4 is 5.32 Å². The van der Waals surface area contributed by atoms with Crippen LogP contribution in [0.2, 0.25) is 0 Å². The fourth-order valence-corrected chi connectivity index (χ4v) is 2.39. The summed E-state index contributed by atoms with van der Waals surface area (Å²) in [6.07, 6.45) is 1.62. The van der Waals surface area contributed by atoms with Gasteiger partial charge in [-0.3, -0.25) is 4.79 Å². The Labute approximate surface area is 109 Å². The van der Waals surface area contributed by atoms with E-state index in [9.17, 15) is 4.79 Å². The van der Waals surface area contributed by atoms with Gasteiger partial charge in [-0.1, -0.05) is 30.3 Å². The molecule has 1 saturated heterocycles. The third-order valence-electron chi connectivity index (χ3n) is 3.38. The summed E-state index contributed by atoms with van der Waals surface area (Å²) in [5, 5.41) is 3.01. The molecule has 0 radical (unpaired) electrons. The number of hydrogen-bond donors (Lipinski definition) is 1. The van der Waals surface area contributed by atoms with E-state index < -0.39 is 0 Å². The van der Waals surface area contributed by atoms with Gasteiger partial charge in [-0.15, -0.1) is 0 Å². The van der Waals surface area contributed by atoms with Gasteiger partial charge in [-0.25, -0.2) is 0 Å². The van der Waals surface area contributed by atoms with Gasteiger partial charge in [-0.2, -0.15) is 0 Å². The first-order valence-electron chi connectivity index (χ1n) is 6.52. The van der Waals surface area contributed by atoms with Crippen molar-refractivity contribution in [3.8, 4) is 0 Å². The molecule has 0 saturated carbocycles. The first kappa shape index (κ1) is 13.1. The van der Waals surface area contributed by atoms with Crippen molar-refractivity contribution in [2.24, 2.45) is 5.92 Å². The van der Waals surface area contributed by atoms with Crippen LogP contribution in [0.4, 0.5) is 0 Å². The molecule has 98 valence electrons. The predicted octanol–water partition coefficient (Wildman–Crippen LogP) is 2.51. The molecule has 1 atom stereocenters. The van der Waals surface area contributed by atoms with E-state index >= 15 is 0 Å². The van der Waals surface area contributed by atoms with Crippen LogP contribution in [0.25, 0.3) is 0 Å². The summed E-state index contributed by atoms with van der Waals surface area (Å²) in [5.74, 6) is 0.229. The minimum Gasteiger partial charge on any atom is -0.376 e. The Kier molecular flexibility index (Phi) is 4.02. The van der Waals surface area contributed by atoms with Crippen molar-refractivity contribution in [3.05, 3.63) is 35.9 Å². The number of carbonyl (C=O) groups is 1. The first-order valence-corrected chi connectivity index (χ1v) is 6.52. The van der Waals surface area contributed by atoms with Gasteiger partial charge in [0.2, 0.25) is 5.91 Å². The molecule has 2 rings (SSSR count). The van der Waals surface area contributed by atoms with Gasteiger partial charge in [0, 0.05) is 19.1 Å². The lowest BCUT2D eigenvalue weighted by atomic mass is 9.88. The third-order valence-corrected chi connectivity index (χ3v) is 3.38. The second-order valence-corrected chi connectivity index (χ2v) is 5.50. The zero-order valence-electron chi connectivity index (χ0n) is 11.1. The minimum absolute atomic E-state index is 0.0810. The maximum absolute atomic E-state index is 12.1. The average molecular weight is 247 g/mol. The molecule has 1 aliphatic heterocycles. The highest BCUT2D eigenvalue weighted by Gasteiger charge is 2.32. The summed E-state index contributed by atoms with van der Waals surface area (Å²) in [6.45, 7) is 5.38. The van der Waals surface area contributed by atoms with Crippen molar-refractivity contribution >= 4 is 5.91 Å². The number of hydrogen-bond acceptors (Lipinski definition) is 2. The van der Waals surface area contributed by atoms with Crippen LogP contribution in [0.1, 0.15) is 32.3 Å². The van der Waals surface area contributed by atoms with Gasteiger partial charge in [-0.05, 0) is 32.3 Å². The molecule has 0 aliphatic carbocycles. The van der Waals surface area contributed by atoms with Crippen molar-refractivity contribution in [2.75, 3.05) is 6.61 Å². The standard InChI is InChI=1S/C15H21NO2/c1-15(2)10-13(8-9-18-15)14(17)16-11-12-6-4-3-5-7-12/h3-7,13H,8-11H2,1-2H3,(H,16,17)/t13-/m0/s1. The Morgan fingerprint density at radius 3 is 2.78 bits per heavy atom. The SMILES string of the molecule is CC1(C)C[C@@H](C(=O)NCc2ccccc2)CCO1. The molecule has 18 heavy (non-hydrogen) atoms. The quantitative estimate of drug-likeness (QED) is 0.891. The highest BCUT2D eigenvalue weighted by molar-refractivity contribution is 5.78. The van der Waals surface area contributed by atoms with Crippen molar-refractivity contribution in [1.82, 2.24) is 5.32 Å². The van der Waals surface area contributed by atoms with Gasteiger partial charge in [0.25, 0.3) is 0 Å². The van der Waals surface area contributed by atoms with Crippen molar-refractivity contribution < 1.29 is 9.53 Å². The van der Waals surface area contributed by atoms with Gasteiger partial charge in [0.15, 0.2) is 0 Å². The van der Waals surface area contributed by atoms with Crippen LogP contribution in [0.15, 0.2) is 30.3 Å². The van der Waals surface area contributed by atoms with Crippen LogP contribution in [-0.2, 0) is 16.1 Å². The molecule has 0 aromatic heterocycles. The maximum atomic E-state index is 12.1. The summed E-state index contributed by atoms with van der Waals surface area (Å²) in [5.41, 5.74) is 0.963. The lowest BCUT2D eigenvalue weighted by Gasteiger charge is -2.34. The third kappa shape index (κ3) is 3.57. The largest absolute Gasteiger partial charge is 0.376 e. The molecule has 1 aliphatic rings. The second kappa shape index (κ2) is 5.53. The Bertz CT molecular complexity index is 400. The highest BCUT2D eigenvalue weighted by Crippen LogP contribution is 2.28. The molecule has 0 unspecified atom stereocenters. The maximum Gasteiger partial charge on any atom is 0.223 e. The number of nitrogens with one attached hydrogen (secondary N) is 1. The lowest BCUT2D eigenvalue weighted by molar-refractivity contribution is -0.135. The fourth-order valence-electron chi connectivity index (χ4n) is 2.39. The van der Waals surface area contributed by atoms with Crippen molar-refractivity contribution in [3.63, 3.8) is 0 Å². The number of ether oxygens (including phenoxy) is 1. The molecular formula is C15H21NO2. The van der Waals surface area contributed by atoms with Gasteiger partial charge >= 0.3 is 0 Å². The number of benzene rings is 1. The Morgan fingerprint density at radius 2 is 2.11 bits per heavy atom. The van der Waals surface area contributed by atoms with E-state index in [2.05, 4.69) is 5.32 Å². The van der Waals surface area contributed by atoms with Crippen molar-refractivity contribution in [2.45, 2.75) is 38.8 Å². The van der Waals surface area contributed by atoms with Crippen LogP contribution in [0, 0.1) is 5.92 Å². The molecule has 1 N–H and O–H groups in total. The summed E-state index contributed by atoms with van der Waals surface area (Å²) >= 11 is 0. The number of carbonyl (C=O) groups excluding carboxylic acids is 1. The summed E-state index contributed by atoms with van der Waals surface area (Å²) in [4.78, 5) is 12.1. The molecule has 1 fully saturated rings. The fraction of sp³-hybridized carbons (Fsp3) is 0.533. The van der Waals surface area contributed by atoms with Crippen LogP contribution >= 0.6 is 0 Å². The molecule has 0 spiro atoms. The van der Waals surface area contributed by atoms with Crippen LogP contribution in [-0.4, -0.2) is 18.1 Å². The zero-order chi connectivity index (χ0) is 13.0. The summed E-state index contributed by atoms with van der Waals surface area (Å²) in [7, 11) is 0. The zero-order valence-corrected chi connectivity index (χ0v) is 11.1. The van der Waals surface area contributed by atoms with E-state index in [0.29, 0.717) is 13.2 Å². The Balaban J connectivity index is 1.85. The van der Waals surface area contributed by atoms with Crippen LogP contribution in [0.3, 0.4) is 0 Å².